The number of alkyl halides is 3. The van der Waals surface area contributed by atoms with E-state index < -0.39 is 22.9 Å². The minimum absolute atomic E-state index is 0.0322. The molecule has 0 unspecified atom stereocenters. The molecule has 0 fully saturated rings. The molecular formula is C10H13F3N4O3S. The Hall–Kier alpha value is -2.01. The number of nitrogens with one attached hydrogen (secondary N) is 2. The molecule has 0 saturated carbocycles. The van der Waals surface area contributed by atoms with Crippen molar-refractivity contribution in [2.75, 3.05) is 11.3 Å². The lowest BCUT2D eigenvalue weighted by Crippen LogP contribution is -2.37. The number of oxime groups is 1. The topological polar surface area (TPSA) is 117 Å². The maximum atomic E-state index is 11.9. The number of rotatable bonds is 6. The molecule has 1 aromatic carbocycles. The molecular weight excluding hydrogens is 313 g/mol. The molecule has 0 amide bonds. The molecule has 1 rings (SSSR count). The summed E-state index contributed by atoms with van der Waals surface area (Å²) in [7, 11) is -4.32. The van der Waals surface area contributed by atoms with Gasteiger partial charge in [-0.3, -0.25) is 4.72 Å². The largest absolute Gasteiger partial charge is 0.409 e. The summed E-state index contributed by atoms with van der Waals surface area (Å²) in [5, 5.41) is 11.2. The zero-order valence-electron chi connectivity index (χ0n) is 10.6. The van der Waals surface area contributed by atoms with Gasteiger partial charge in [-0.15, -0.1) is 0 Å². The van der Waals surface area contributed by atoms with Crippen molar-refractivity contribution in [1.29, 1.82) is 0 Å². The van der Waals surface area contributed by atoms with Gasteiger partial charge in [0.25, 0.3) is 10.2 Å². The van der Waals surface area contributed by atoms with E-state index in [0.29, 0.717) is 5.56 Å². The Kier molecular flexibility index (Phi) is 5.38. The van der Waals surface area contributed by atoms with Crippen molar-refractivity contribution in [3.05, 3.63) is 29.8 Å². The van der Waals surface area contributed by atoms with E-state index in [4.69, 9.17) is 10.9 Å². The van der Waals surface area contributed by atoms with E-state index in [1.165, 1.54) is 29.0 Å². The molecule has 0 spiro atoms. The van der Waals surface area contributed by atoms with Crippen molar-refractivity contribution in [3.8, 4) is 0 Å². The van der Waals surface area contributed by atoms with Crippen LogP contribution in [0.5, 0.6) is 0 Å². The van der Waals surface area contributed by atoms with Crippen LogP contribution in [-0.2, 0) is 16.6 Å². The summed E-state index contributed by atoms with van der Waals surface area (Å²) in [6.45, 7) is -1.66. The number of hydrogen-bond acceptors (Lipinski definition) is 4. The van der Waals surface area contributed by atoms with Gasteiger partial charge in [-0.2, -0.15) is 26.3 Å². The van der Waals surface area contributed by atoms with Crippen LogP contribution in [0.2, 0.25) is 0 Å². The van der Waals surface area contributed by atoms with E-state index in [-0.39, 0.29) is 17.9 Å². The van der Waals surface area contributed by atoms with Gasteiger partial charge < -0.3 is 10.9 Å². The lowest BCUT2D eigenvalue weighted by Gasteiger charge is -2.11. The smallest absolute Gasteiger partial charge is 0.402 e. The molecule has 7 nitrogen and oxygen atoms in total. The Bertz CT molecular complexity index is 599. The second-order valence-corrected chi connectivity index (χ2v) is 5.51. The van der Waals surface area contributed by atoms with Gasteiger partial charge >= 0.3 is 6.18 Å². The average Bonchev–Trinajstić information content (AvgIpc) is 2.38. The van der Waals surface area contributed by atoms with Gasteiger partial charge in [0.1, 0.15) is 12.4 Å². The maximum Gasteiger partial charge on any atom is 0.402 e. The molecule has 0 aliphatic carbocycles. The highest BCUT2D eigenvalue weighted by Gasteiger charge is 2.29. The predicted molar refractivity (Wildman–Crippen MR) is 70.2 cm³/mol. The number of nitrogens with zero attached hydrogens (tertiary/aromatic N) is 1. The summed E-state index contributed by atoms with van der Waals surface area (Å²) < 4.78 is 61.8. The number of hydrogen-bond donors (Lipinski definition) is 4. The Morgan fingerprint density at radius 3 is 2.33 bits per heavy atom. The fourth-order valence-corrected chi connectivity index (χ4v) is 2.18. The van der Waals surface area contributed by atoms with Crippen LogP contribution in [0.15, 0.2) is 29.4 Å². The standard InChI is InChI=1S/C10H13F3N4O3S/c11-10(12,13)6-15-21(19,20)17-8-3-1-7(2-4-8)5-9(14)16-18/h1-4,15,17-18H,5-6H2,(H2,14,16). The second kappa shape index (κ2) is 6.63. The first-order valence-electron chi connectivity index (χ1n) is 5.51. The Balaban J connectivity index is 2.67. The normalized spacial score (nSPS) is 13.2. The van der Waals surface area contributed by atoms with E-state index in [1.807, 2.05) is 4.72 Å². The fourth-order valence-electron chi connectivity index (χ4n) is 1.30. The zero-order chi connectivity index (χ0) is 16.1. The Morgan fingerprint density at radius 1 is 1.29 bits per heavy atom. The van der Waals surface area contributed by atoms with Gasteiger partial charge in [0.05, 0.1) is 0 Å². The Morgan fingerprint density at radius 2 is 1.86 bits per heavy atom. The molecule has 118 valence electrons. The van der Waals surface area contributed by atoms with E-state index in [0.717, 1.165) is 0 Å². The molecule has 0 aliphatic heterocycles. The minimum atomic E-state index is -4.64. The molecule has 0 bridgehead atoms. The van der Waals surface area contributed by atoms with E-state index in [1.54, 1.807) is 0 Å². The van der Waals surface area contributed by atoms with Gasteiger partial charge in [-0.25, -0.2) is 0 Å². The molecule has 11 heteroatoms. The van der Waals surface area contributed by atoms with Crippen molar-refractivity contribution in [3.63, 3.8) is 0 Å². The van der Waals surface area contributed by atoms with Crippen LogP contribution in [0.4, 0.5) is 18.9 Å². The first-order chi connectivity index (χ1) is 9.61. The molecule has 0 heterocycles. The number of nitrogens with two attached hydrogens (primary N) is 1. The average molecular weight is 326 g/mol. The maximum absolute atomic E-state index is 11.9. The molecule has 5 N–H and O–H groups in total. The van der Waals surface area contributed by atoms with Crippen molar-refractivity contribution in [1.82, 2.24) is 4.72 Å². The highest BCUT2D eigenvalue weighted by molar-refractivity contribution is 7.90. The lowest BCUT2D eigenvalue weighted by molar-refractivity contribution is -0.121. The summed E-state index contributed by atoms with van der Waals surface area (Å²) in [6, 6.07) is 5.65. The molecule has 0 saturated heterocycles. The van der Waals surface area contributed by atoms with Crippen LogP contribution in [-0.4, -0.2) is 32.2 Å². The minimum Gasteiger partial charge on any atom is -0.409 e. The van der Waals surface area contributed by atoms with Crippen molar-refractivity contribution in [2.45, 2.75) is 12.6 Å². The fraction of sp³-hybridized carbons (Fsp3) is 0.300. The quantitative estimate of drug-likeness (QED) is 0.267. The molecule has 21 heavy (non-hydrogen) atoms. The third-order valence-electron chi connectivity index (χ3n) is 2.18. The SMILES string of the molecule is N/C(Cc1ccc(NS(=O)(=O)NCC(F)(F)F)cc1)=N/O. The summed E-state index contributed by atoms with van der Waals surface area (Å²) >= 11 is 0. The highest BCUT2D eigenvalue weighted by Crippen LogP contribution is 2.14. The monoisotopic (exact) mass is 326 g/mol. The van der Waals surface area contributed by atoms with Gasteiger partial charge in [0.15, 0.2) is 0 Å². The van der Waals surface area contributed by atoms with Crippen LogP contribution >= 0.6 is 0 Å². The van der Waals surface area contributed by atoms with Gasteiger partial charge in [-0.1, -0.05) is 17.3 Å². The van der Waals surface area contributed by atoms with Gasteiger partial charge in [0.2, 0.25) is 0 Å². The summed E-state index contributed by atoms with van der Waals surface area (Å²) in [5.41, 5.74) is 6.01. The summed E-state index contributed by atoms with van der Waals surface area (Å²) in [5.74, 6) is -0.0322. The molecule has 0 radical (unpaired) electrons. The second-order valence-electron chi connectivity index (χ2n) is 4.01. The van der Waals surface area contributed by atoms with Crippen molar-refractivity contribution in [2.24, 2.45) is 10.9 Å². The van der Waals surface area contributed by atoms with Gasteiger partial charge in [0, 0.05) is 12.1 Å². The predicted octanol–water partition coefficient (Wildman–Crippen LogP) is 0.784. The third kappa shape index (κ3) is 6.81. The first kappa shape index (κ1) is 17.0. The number of amidine groups is 1. The van der Waals surface area contributed by atoms with Crippen LogP contribution in [0.3, 0.4) is 0 Å². The summed E-state index contributed by atoms with van der Waals surface area (Å²) in [6.07, 6.45) is -4.49. The summed E-state index contributed by atoms with van der Waals surface area (Å²) in [4.78, 5) is 0. The van der Waals surface area contributed by atoms with Crippen molar-refractivity contribution < 1.29 is 26.8 Å². The van der Waals surface area contributed by atoms with Gasteiger partial charge in [-0.05, 0) is 17.7 Å². The van der Waals surface area contributed by atoms with E-state index >= 15 is 0 Å². The highest BCUT2D eigenvalue weighted by atomic mass is 32.2. The van der Waals surface area contributed by atoms with Crippen LogP contribution in [0.1, 0.15) is 5.56 Å². The number of benzene rings is 1. The molecule has 0 aromatic heterocycles. The third-order valence-corrected chi connectivity index (χ3v) is 3.21. The van der Waals surface area contributed by atoms with Crippen LogP contribution in [0, 0.1) is 0 Å². The molecule has 0 aliphatic rings. The van der Waals surface area contributed by atoms with Crippen molar-refractivity contribution >= 4 is 21.7 Å². The molecule has 0 atom stereocenters. The zero-order valence-corrected chi connectivity index (χ0v) is 11.4. The number of halogens is 3. The van der Waals surface area contributed by atoms with Crippen LogP contribution < -0.4 is 15.2 Å². The van der Waals surface area contributed by atoms with Crippen LogP contribution in [0.25, 0.3) is 0 Å². The Labute approximate surface area is 118 Å². The lowest BCUT2D eigenvalue weighted by atomic mass is 10.1. The number of anilines is 1. The van der Waals surface area contributed by atoms with E-state index in [9.17, 15) is 21.6 Å². The first-order valence-corrected chi connectivity index (χ1v) is 6.99. The molecule has 1 aromatic rings. The van der Waals surface area contributed by atoms with E-state index in [2.05, 4.69) is 5.16 Å².